The third kappa shape index (κ3) is 2.83. The Morgan fingerprint density at radius 3 is 2.78 bits per heavy atom. The van der Waals surface area contributed by atoms with Crippen LogP contribution in [0.2, 0.25) is 5.02 Å². The number of anilines is 1. The van der Waals surface area contributed by atoms with Gasteiger partial charge in [-0.2, -0.15) is 0 Å². The van der Waals surface area contributed by atoms with E-state index in [0.717, 1.165) is 0 Å². The number of benzene rings is 1. The molecule has 0 bridgehead atoms. The molecule has 1 amide bonds. The maximum absolute atomic E-state index is 12.3. The van der Waals surface area contributed by atoms with Crippen LogP contribution in [0.25, 0.3) is 0 Å². The molecule has 3 N–H and O–H groups in total. The molecule has 2 rings (SSSR count). The second kappa shape index (κ2) is 5.69. The molecule has 0 saturated carbocycles. The molecule has 0 spiro atoms. The smallest absolute Gasteiger partial charge is 0.232 e. The second-order valence-electron chi connectivity index (χ2n) is 4.56. The number of nitrogens with two attached hydrogens (primary N) is 1. The molecule has 4 nitrogen and oxygen atoms in total. The van der Waals surface area contributed by atoms with Gasteiger partial charge < -0.3 is 15.8 Å². The zero-order chi connectivity index (χ0) is 13.0. The number of ether oxygens (including phenoxy) is 1. The lowest BCUT2D eigenvalue weighted by Crippen LogP contribution is -2.46. The summed E-state index contributed by atoms with van der Waals surface area (Å²) < 4.78 is 5.29. The number of carbonyl (C=O) groups excluding carboxylic acids is 1. The van der Waals surface area contributed by atoms with E-state index in [2.05, 4.69) is 5.32 Å². The van der Waals surface area contributed by atoms with E-state index in [9.17, 15) is 4.79 Å². The molecule has 18 heavy (non-hydrogen) atoms. The highest BCUT2D eigenvalue weighted by molar-refractivity contribution is 6.30. The molecule has 1 saturated heterocycles. The molecule has 1 heterocycles. The van der Waals surface area contributed by atoms with Crippen molar-refractivity contribution in [2.75, 3.05) is 25.1 Å². The van der Waals surface area contributed by atoms with Gasteiger partial charge in [0.25, 0.3) is 0 Å². The SMILES string of the molecule is NCC1(C(=O)Nc2cccc(Cl)c2)CCOCC1. The molecule has 1 aromatic carbocycles. The van der Waals surface area contributed by atoms with Crippen LogP contribution in [0.15, 0.2) is 24.3 Å². The first-order valence-corrected chi connectivity index (χ1v) is 6.39. The lowest BCUT2D eigenvalue weighted by Gasteiger charge is -2.34. The minimum Gasteiger partial charge on any atom is -0.381 e. The predicted octanol–water partition coefficient (Wildman–Crippen LogP) is 2.03. The van der Waals surface area contributed by atoms with Crippen molar-refractivity contribution in [2.45, 2.75) is 12.8 Å². The van der Waals surface area contributed by atoms with Gasteiger partial charge in [0.2, 0.25) is 5.91 Å². The van der Waals surface area contributed by atoms with Crippen LogP contribution in [0, 0.1) is 5.41 Å². The van der Waals surface area contributed by atoms with Gasteiger partial charge in [0, 0.05) is 30.5 Å². The van der Waals surface area contributed by atoms with Crippen molar-refractivity contribution in [1.29, 1.82) is 0 Å². The van der Waals surface area contributed by atoms with Crippen LogP contribution < -0.4 is 11.1 Å². The summed E-state index contributed by atoms with van der Waals surface area (Å²) in [6.07, 6.45) is 1.33. The first kappa shape index (κ1) is 13.3. The second-order valence-corrected chi connectivity index (χ2v) is 5.00. The lowest BCUT2D eigenvalue weighted by molar-refractivity contribution is -0.130. The predicted molar refractivity (Wildman–Crippen MR) is 71.6 cm³/mol. The Hall–Kier alpha value is -1.10. The molecule has 1 aromatic rings. The van der Waals surface area contributed by atoms with Crippen LogP contribution in [0.5, 0.6) is 0 Å². The van der Waals surface area contributed by atoms with Gasteiger partial charge in [-0.3, -0.25) is 4.79 Å². The van der Waals surface area contributed by atoms with Crippen LogP contribution >= 0.6 is 11.6 Å². The first-order valence-electron chi connectivity index (χ1n) is 6.01. The van der Waals surface area contributed by atoms with E-state index in [1.807, 2.05) is 6.07 Å². The molecule has 0 unspecified atom stereocenters. The highest BCUT2D eigenvalue weighted by atomic mass is 35.5. The largest absolute Gasteiger partial charge is 0.381 e. The molecule has 5 heteroatoms. The maximum Gasteiger partial charge on any atom is 0.232 e. The van der Waals surface area contributed by atoms with E-state index < -0.39 is 5.41 Å². The first-order chi connectivity index (χ1) is 8.66. The standard InChI is InChI=1S/C13H17ClN2O2/c14-10-2-1-3-11(8-10)16-12(17)13(9-15)4-6-18-7-5-13/h1-3,8H,4-7,9,15H2,(H,16,17). The molecule has 0 radical (unpaired) electrons. The Bertz CT molecular complexity index is 431. The molecule has 98 valence electrons. The minimum atomic E-state index is -0.513. The zero-order valence-corrected chi connectivity index (χ0v) is 10.9. The Labute approximate surface area is 111 Å². The van der Waals surface area contributed by atoms with Crippen LogP contribution in [-0.4, -0.2) is 25.7 Å². The fraction of sp³-hybridized carbons (Fsp3) is 0.462. The van der Waals surface area contributed by atoms with E-state index in [1.165, 1.54) is 0 Å². The van der Waals surface area contributed by atoms with E-state index >= 15 is 0 Å². The molecule has 1 fully saturated rings. The molecular weight excluding hydrogens is 252 g/mol. The summed E-state index contributed by atoms with van der Waals surface area (Å²) in [4.78, 5) is 12.3. The summed E-state index contributed by atoms with van der Waals surface area (Å²) in [5.41, 5.74) is 5.97. The van der Waals surface area contributed by atoms with Gasteiger partial charge in [0.15, 0.2) is 0 Å². The number of amides is 1. The topological polar surface area (TPSA) is 64.4 Å². The van der Waals surface area contributed by atoms with E-state index in [1.54, 1.807) is 18.2 Å². The summed E-state index contributed by atoms with van der Waals surface area (Å²) in [5, 5.41) is 3.48. The highest BCUT2D eigenvalue weighted by Gasteiger charge is 2.38. The molecule has 1 aliphatic rings. The van der Waals surface area contributed by atoms with E-state index in [4.69, 9.17) is 22.1 Å². The molecular formula is C13H17ClN2O2. The van der Waals surface area contributed by atoms with Crippen molar-refractivity contribution in [2.24, 2.45) is 11.1 Å². The molecule has 0 aromatic heterocycles. The third-order valence-corrected chi connectivity index (χ3v) is 3.64. The summed E-state index contributed by atoms with van der Waals surface area (Å²) in [7, 11) is 0. The van der Waals surface area contributed by atoms with Gasteiger partial charge in [-0.25, -0.2) is 0 Å². The summed E-state index contributed by atoms with van der Waals surface area (Å²) >= 11 is 5.89. The van der Waals surface area contributed by atoms with E-state index in [-0.39, 0.29) is 5.91 Å². The average molecular weight is 269 g/mol. The van der Waals surface area contributed by atoms with Crippen LogP contribution in [-0.2, 0) is 9.53 Å². The lowest BCUT2D eigenvalue weighted by atomic mass is 9.79. The van der Waals surface area contributed by atoms with Gasteiger partial charge in [-0.15, -0.1) is 0 Å². The Balaban J connectivity index is 2.10. The summed E-state index contributed by atoms with van der Waals surface area (Å²) in [6.45, 7) is 1.50. The van der Waals surface area contributed by atoms with Gasteiger partial charge in [0.1, 0.15) is 0 Å². The van der Waals surface area contributed by atoms with Crippen molar-refractivity contribution in [3.63, 3.8) is 0 Å². The fourth-order valence-electron chi connectivity index (χ4n) is 2.12. The van der Waals surface area contributed by atoms with Crippen molar-refractivity contribution < 1.29 is 9.53 Å². The quantitative estimate of drug-likeness (QED) is 0.882. The number of hydrogen-bond acceptors (Lipinski definition) is 3. The monoisotopic (exact) mass is 268 g/mol. The van der Waals surface area contributed by atoms with Gasteiger partial charge >= 0.3 is 0 Å². The Kier molecular flexibility index (Phi) is 4.22. The Morgan fingerprint density at radius 1 is 1.44 bits per heavy atom. The third-order valence-electron chi connectivity index (χ3n) is 3.40. The number of nitrogens with one attached hydrogen (secondary N) is 1. The minimum absolute atomic E-state index is 0.0458. The van der Waals surface area contributed by atoms with Crippen molar-refractivity contribution in [3.8, 4) is 0 Å². The van der Waals surface area contributed by atoms with Crippen LogP contribution in [0.3, 0.4) is 0 Å². The van der Waals surface area contributed by atoms with Crippen LogP contribution in [0.1, 0.15) is 12.8 Å². The van der Waals surface area contributed by atoms with E-state index in [0.29, 0.717) is 43.3 Å². The molecule has 0 atom stereocenters. The van der Waals surface area contributed by atoms with Gasteiger partial charge in [0.05, 0.1) is 5.41 Å². The number of hydrogen-bond donors (Lipinski definition) is 2. The highest BCUT2D eigenvalue weighted by Crippen LogP contribution is 2.31. The van der Waals surface area contributed by atoms with Crippen LogP contribution in [0.4, 0.5) is 5.69 Å². The van der Waals surface area contributed by atoms with Gasteiger partial charge in [-0.1, -0.05) is 17.7 Å². The molecule has 1 aliphatic heterocycles. The summed E-state index contributed by atoms with van der Waals surface area (Å²) in [5.74, 6) is -0.0458. The zero-order valence-electron chi connectivity index (χ0n) is 10.1. The maximum atomic E-state index is 12.3. The van der Waals surface area contributed by atoms with Gasteiger partial charge in [-0.05, 0) is 31.0 Å². The van der Waals surface area contributed by atoms with Crippen molar-refractivity contribution >= 4 is 23.2 Å². The van der Waals surface area contributed by atoms with Crippen molar-refractivity contribution in [3.05, 3.63) is 29.3 Å². The Morgan fingerprint density at radius 2 is 2.17 bits per heavy atom. The summed E-state index contributed by atoms with van der Waals surface area (Å²) in [6, 6.07) is 7.11. The number of halogens is 1. The number of carbonyl (C=O) groups is 1. The fourth-order valence-corrected chi connectivity index (χ4v) is 2.31. The molecule has 0 aliphatic carbocycles. The average Bonchev–Trinajstić information content (AvgIpc) is 2.39. The van der Waals surface area contributed by atoms with Crippen molar-refractivity contribution in [1.82, 2.24) is 0 Å². The normalized spacial score (nSPS) is 18.3. The number of rotatable bonds is 3.